The summed E-state index contributed by atoms with van der Waals surface area (Å²) >= 11 is 0. The molecule has 2 aliphatic rings. The fraction of sp³-hybridized carbons (Fsp3) is 0.857. The molecular formula is C14H24O4. The maximum absolute atomic E-state index is 10.7. The molecule has 0 aliphatic heterocycles. The lowest BCUT2D eigenvalue weighted by molar-refractivity contribution is -0.167. The second-order valence-electron chi connectivity index (χ2n) is 5.37. The number of aliphatic carboxylic acids is 2. The summed E-state index contributed by atoms with van der Waals surface area (Å²) in [5.41, 5.74) is -1.49. The van der Waals surface area contributed by atoms with Gasteiger partial charge in [-0.25, -0.2) is 0 Å². The molecule has 104 valence electrons. The summed E-state index contributed by atoms with van der Waals surface area (Å²) in [7, 11) is 0. The van der Waals surface area contributed by atoms with Crippen LogP contribution in [-0.4, -0.2) is 22.2 Å². The van der Waals surface area contributed by atoms with Crippen molar-refractivity contribution in [1.29, 1.82) is 0 Å². The Morgan fingerprint density at radius 1 is 0.611 bits per heavy atom. The van der Waals surface area contributed by atoms with Gasteiger partial charge < -0.3 is 10.2 Å². The highest BCUT2D eigenvalue weighted by atomic mass is 16.4. The molecule has 0 aromatic heterocycles. The minimum atomic E-state index is -1.49. The van der Waals surface area contributed by atoms with Gasteiger partial charge in [-0.05, 0) is 12.8 Å². The molecule has 0 amide bonds. The molecule has 2 rings (SSSR count). The van der Waals surface area contributed by atoms with Crippen molar-refractivity contribution in [2.45, 2.75) is 70.6 Å². The molecule has 2 aliphatic carbocycles. The fourth-order valence-electron chi connectivity index (χ4n) is 2.74. The van der Waals surface area contributed by atoms with Crippen molar-refractivity contribution in [3.8, 4) is 0 Å². The molecule has 4 nitrogen and oxygen atoms in total. The molecule has 4 heteroatoms. The van der Waals surface area contributed by atoms with E-state index in [2.05, 4.69) is 0 Å². The van der Waals surface area contributed by atoms with Crippen LogP contribution in [0.1, 0.15) is 70.6 Å². The topological polar surface area (TPSA) is 74.6 Å². The second-order valence-corrected chi connectivity index (χ2v) is 5.37. The Labute approximate surface area is 108 Å². The maximum Gasteiger partial charge on any atom is 0.321 e. The van der Waals surface area contributed by atoms with Crippen molar-refractivity contribution >= 4 is 11.9 Å². The molecule has 0 unspecified atom stereocenters. The largest absolute Gasteiger partial charge is 0.480 e. The van der Waals surface area contributed by atoms with E-state index in [1.807, 2.05) is 0 Å². The Balaban J connectivity index is 0.000000225. The molecule has 0 saturated heterocycles. The summed E-state index contributed by atoms with van der Waals surface area (Å²) in [6.45, 7) is 0. The van der Waals surface area contributed by atoms with Gasteiger partial charge in [-0.2, -0.15) is 0 Å². The van der Waals surface area contributed by atoms with Gasteiger partial charge in [0.15, 0.2) is 5.41 Å². The second kappa shape index (κ2) is 7.39. The zero-order valence-corrected chi connectivity index (χ0v) is 11.0. The fourth-order valence-corrected chi connectivity index (χ4v) is 2.74. The molecule has 0 bridgehead atoms. The zero-order chi connectivity index (χ0) is 13.4. The number of rotatable bonds is 2. The minimum absolute atomic E-state index is 0.275. The van der Waals surface area contributed by atoms with Gasteiger partial charge in [-0.3, -0.25) is 9.59 Å². The van der Waals surface area contributed by atoms with Crippen molar-refractivity contribution in [3.63, 3.8) is 0 Å². The highest BCUT2D eigenvalue weighted by Crippen LogP contribution is 2.36. The van der Waals surface area contributed by atoms with Crippen LogP contribution < -0.4 is 0 Å². The Morgan fingerprint density at radius 3 is 1.11 bits per heavy atom. The van der Waals surface area contributed by atoms with E-state index in [0.29, 0.717) is 12.8 Å². The Morgan fingerprint density at radius 2 is 0.889 bits per heavy atom. The quantitative estimate of drug-likeness (QED) is 0.742. The van der Waals surface area contributed by atoms with Crippen molar-refractivity contribution in [3.05, 3.63) is 0 Å². The molecule has 2 fully saturated rings. The summed E-state index contributed by atoms with van der Waals surface area (Å²) in [5, 5.41) is 17.6. The van der Waals surface area contributed by atoms with E-state index in [4.69, 9.17) is 10.2 Å². The van der Waals surface area contributed by atoms with E-state index in [9.17, 15) is 9.59 Å². The summed E-state index contributed by atoms with van der Waals surface area (Å²) in [5.74, 6) is -2.37. The molecule has 0 aromatic rings. The molecule has 0 heterocycles. The lowest BCUT2D eigenvalue weighted by atomic mass is 9.74. The van der Waals surface area contributed by atoms with E-state index in [0.717, 1.165) is 6.42 Å². The standard InChI is InChI=1S/C8H12O4.C6H12/c9-6(10)8(7(11)12)4-2-1-3-5-8;1-2-4-6-5-3-1/h1-5H2,(H,9,10)(H,11,12);1-6H2. The van der Waals surface area contributed by atoms with Crippen molar-refractivity contribution in [1.82, 2.24) is 0 Å². The average molecular weight is 256 g/mol. The normalized spacial score (nSPS) is 22.4. The number of carboxylic acid groups (broad SMARTS) is 2. The third-order valence-corrected chi connectivity index (χ3v) is 4.03. The van der Waals surface area contributed by atoms with E-state index >= 15 is 0 Å². The van der Waals surface area contributed by atoms with Crippen molar-refractivity contribution < 1.29 is 19.8 Å². The maximum atomic E-state index is 10.7. The van der Waals surface area contributed by atoms with Gasteiger partial charge in [0.1, 0.15) is 0 Å². The minimum Gasteiger partial charge on any atom is -0.480 e. The predicted molar refractivity (Wildman–Crippen MR) is 68.5 cm³/mol. The van der Waals surface area contributed by atoms with Crippen LogP contribution >= 0.6 is 0 Å². The molecule has 18 heavy (non-hydrogen) atoms. The summed E-state index contributed by atoms with van der Waals surface area (Å²) < 4.78 is 0. The number of carbonyl (C=O) groups is 2. The molecule has 0 radical (unpaired) electrons. The smallest absolute Gasteiger partial charge is 0.321 e. The lowest BCUT2D eigenvalue weighted by Crippen LogP contribution is -2.40. The molecular weight excluding hydrogens is 232 g/mol. The average Bonchev–Trinajstić information content (AvgIpc) is 2.42. The van der Waals surface area contributed by atoms with Gasteiger partial charge in [0.25, 0.3) is 0 Å². The predicted octanol–water partition coefficient (Wildman–Crippen LogP) is 3.45. The number of hydrogen-bond donors (Lipinski definition) is 2. The van der Waals surface area contributed by atoms with Gasteiger partial charge in [-0.15, -0.1) is 0 Å². The van der Waals surface area contributed by atoms with Crippen LogP contribution in [0.3, 0.4) is 0 Å². The molecule has 2 N–H and O–H groups in total. The summed E-state index contributed by atoms with van der Waals surface area (Å²) in [4.78, 5) is 21.5. The molecule has 0 atom stereocenters. The first kappa shape index (κ1) is 15.0. The van der Waals surface area contributed by atoms with Crippen LogP contribution in [0.2, 0.25) is 0 Å². The molecule has 0 aromatic carbocycles. The van der Waals surface area contributed by atoms with Gasteiger partial charge in [0.05, 0.1) is 0 Å². The van der Waals surface area contributed by atoms with Crippen LogP contribution in [0.4, 0.5) is 0 Å². The SMILES string of the molecule is C1CCCCC1.O=C(O)C1(C(=O)O)CCCCC1. The van der Waals surface area contributed by atoms with Crippen molar-refractivity contribution in [2.75, 3.05) is 0 Å². The third kappa shape index (κ3) is 4.00. The van der Waals surface area contributed by atoms with Gasteiger partial charge >= 0.3 is 11.9 Å². The Kier molecular flexibility index (Phi) is 6.16. The molecule has 0 spiro atoms. The molecule has 2 saturated carbocycles. The summed E-state index contributed by atoms with van der Waals surface area (Å²) in [6, 6.07) is 0. The zero-order valence-electron chi connectivity index (χ0n) is 11.0. The number of hydrogen-bond acceptors (Lipinski definition) is 2. The van der Waals surface area contributed by atoms with E-state index in [1.54, 1.807) is 0 Å². The first-order valence-corrected chi connectivity index (χ1v) is 7.06. The number of carboxylic acids is 2. The van der Waals surface area contributed by atoms with Crippen molar-refractivity contribution in [2.24, 2.45) is 5.41 Å². The van der Waals surface area contributed by atoms with Crippen LogP contribution in [-0.2, 0) is 9.59 Å². The van der Waals surface area contributed by atoms with Gasteiger partial charge in [0.2, 0.25) is 0 Å². The van der Waals surface area contributed by atoms with E-state index in [1.165, 1.54) is 38.5 Å². The van der Waals surface area contributed by atoms with Crippen LogP contribution in [0, 0.1) is 5.41 Å². The summed E-state index contributed by atoms with van der Waals surface area (Å²) in [6.07, 6.45) is 11.9. The lowest BCUT2D eigenvalue weighted by Gasteiger charge is -2.28. The third-order valence-electron chi connectivity index (χ3n) is 4.03. The van der Waals surface area contributed by atoms with E-state index < -0.39 is 17.4 Å². The Bertz CT molecular complexity index is 248. The van der Waals surface area contributed by atoms with Crippen LogP contribution in [0.15, 0.2) is 0 Å². The van der Waals surface area contributed by atoms with Gasteiger partial charge in [0, 0.05) is 0 Å². The Hall–Kier alpha value is -1.06. The first-order chi connectivity index (χ1) is 8.59. The van der Waals surface area contributed by atoms with Crippen LogP contribution in [0.5, 0.6) is 0 Å². The van der Waals surface area contributed by atoms with Gasteiger partial charge in [-0.1, -0.05) is 57.8 Å². The van der Waals surface area contributed by atoms with Crippen LogP contribution in [0.25, 0.3) is 0 Å². The van der Waals surface area contributed by atoms with E-state index in [-0.39, 0.29) is 12.8 Å². The first-order valence-electron chi connectivity index (χ1n) is 7.06. The monoisotopic (exact) mass is 256 g/mol. The highest BCUT2D eigenvalue weighted by Gasteiger charge is 2.46. The highest BCUT2D eigenvalue weighted by molar-refractivity contribution is 5.98.